The molecule has 0 unspecified atom stereocenters. The van der Waals surface area contributed by atoms with Crippen LogP contribution in [0.2, 0.25) is 0 Å². The summed E-state index contributed by atoms with van der Waals surface area (Å²) in [5.74, 6) is -0.451. The number of phenols is 2. The van der Waals surface area contributed by atoms with Gasteiger partial charge in [-0.2, -0.15) is 4.31 Å². The summed E-state index contributed by atoms with van der Waals surface area (Å²) in [5.41, 5.74) is 2.21. The highest BCUT2D eigenvalue weighted by Crippen LogP contribution is 2.45. The number of aryl methyl sites for hydroxylation is 2. The van der Waals surface area contributed by atoms with Crippen molar-refractivity contribution in [3.05, 3.63) is 41.5 Å². The third-order valence-electron chi connectivity index (χ3n) is 5.73. The van der Waals surface area contributed by atoms with E-state index in [0.717, 1.165) is 24.8 Å². The quantitative estimate of drug-likeness (QED) is 0.652. The second-order valence-corrected chi connectivity index (χ2v) is 10.0. The predicted octanol–water partition coefficient (Wildman–Crippen LogP) is 3.74. The number of hydrogen-bond donors (Lipinski definition) is 2. The summed E-state index contributed by atoms with van der Waals surface area (Å²) >= 11 is 0. The van der Waals surface area contributed by atoms with E-state index in [1.165, 1.54) is 10.4 Å². The van der Waals surface area contributed by atoms with Crippen molar-refractivity contribution in [2.24, 2.45) is 0 Å². The van der Waals surface area contributed by atoms with Crippen LogP contribution in [0, 0.1) is 6.92 Å². The number of benzene rings is 2. The molecule has 6 nitrogen and oxygen atoms in total. The van der Waals surface area contributed by atoms with Crippen LogP contribution in [0.25, 0.3) is 11.1 Å². The summed E-state index contributed by atoms with van der Waals surface area (Å²) in [4.78, 5) is 2.03. The highest BCUT2D eigenvalue weighted by Gasteiger charge is 2.34. The van der Waals surface area contributed by atoms with Gasteiger partial charge in [-0.1, -0.05) is 49.6 Å². The van der Waals surface area contributed by atoms with Crippen molar-refractivity contribution >= 4 is 10.0 Å². The maximum atomic E-state index is 13.6. The largest absolute Gasteiger partial charge is 0.507 e. The Morgan fingerprint density at radius 1 is 1.03 bits per heavy atom. The van der Waals surface area contributed by atoms with Gasteiger partial charge in [-0.3, -0.25) is 0 Å². The standard InChI is InChI=1S/C23H32N2O4S/c1-4-5-6-9-19-16-20(26)21(18-10-7-8-17(2)15-18)22(27)23(19)30(28,29)25-13-11-24(3)12-14-25/h7-8,10,15-16,26-27H,4-6,9,11-14H2,1-3H3. The van der Waals surface area contributed by atoms with E-state index in [1.807, 2.05) is 32.2 Å². The minimum Gasteiger partial charge on any atom is -0.507 e. The number of likely N-dealkylation sites (N-methyl/N-ethyl adjacent to an activating group) is 1. The lowest BCUT2D eigenvalue weighted by Gasteiger charge is -2.32. The topological polar surface area (TPSA) is 81.1 Å². The van der Waals surface area contributed by atoms with Gasteiger partial charge in [-0.05, 0) is 44.0 Å². The summed E-state index contributed by atoms with van der Waals surface area (Å²) in [5, 5.41) is 21.9. The molecule has 0 atom stereocenters. The van der Waals surface area contributed by atoms with Crippen LogP contribution < -0.4 is 0 Å². The summed E-state index contributed by atoms with van der Waals surface area (Å²) in [6.07, 6.45) is 3.24. The Labute approximate surface area is 179 Å². The molecule has 3 rings (SSSR count). The molecule has 0 aliphatic carbocycles. The molecule has 0 amide bonds. The van der Waals surface area contributed by atoms with Crippen LogP contribution >= 0.6 is 0 Å². The molecule has 164 valence electrons. The molecule has 1 saturated heterocycles. The lowest BCUT2D eigenvalue weighted by molar-refractivity contribution is 0.222. The van der Waals surface area contributed by atoms with E-state index in [1.54, 1.807) is 6.07 Å². The number of phenolic OH excluding ortho intramolecular Hbond substituents is 2. The molecule has 30 heavy (non-hydrogen) atoms. The third kappa shape index (κ3) is 4.63. The molecule has 0 spiro atoms. The zero-order valence-corrected chi connectivity index (χ0v) is 18.9. The monoisotopic (exact) mass is 432 g/mol. The fraction of sp³-hybridized carbons (Fsp3) is 0.478. The first-order chi connectivity index (χ1) is 14.3. The highest BCUT2D eigenvalue weighted by molar-refractivity contribution is 7.89. The number of nitrogens with zero attached hydrogens (tertiary/aromatic N) is 2. The van der Waals surface area contributed by atoms with Gasteiger partial charge in [0, 0.05) is 26.2 Å². The second-order valence-electron chi connectivity index (χ2n) is 8.14. The van der Waals surface area contributed by atoms with Gasteiger partial charge in [-0.15, -0.1) is 0 Å². The van der Waals surface area contributed by atoms with Gasteiger partial charge >= 0.3 is 0 Å². The Morgan fingerprint density at radius 3 is 2.37 bits per heavy atom. The van der Waals surface area contributed by atoms with Crippen molar-refractivity contribution < 1.29 is 18.6 Å². The Morgan fingerprint density at radius 2 is 1.73 bits per heavy atom. The number of sulfonamides is 1. The lowest BCUT2D eigenvalue weighted by Crippen LogP contribution is -2.47. The van der Waals surface area contributed by atoms with Gasteiger partial charge in [0.05, 0.1) is 5.56 Å². The Hall–Kier alpha value is -2.09. The van der Waals surface area contributed by atoms with E-state index >= 15 is 0 Å². The average molecular weight is 433 g/mol. The molecule has 1 fully saturated rings. The van der Waals surface area contributed by atoms with Crippen LogP contribution in [0.5, 0.6) is 11.5 Å². The molecule has 1 heterocycles. The number of rotatable bonds is 7. The zero-order chi connectivity index (χ0) is 21.9. The molecular weight excluding hydrogens is 400 g/mol. The van der Waals surface area contributed by atoms with Gasteiger partial charge in [0.15, 0.2) is 0 Å². The van der Waals surface area contributed by atoms with E-state index in [9.17, 15) is 18.6 Å². The van der Waals surface area contributed by atoms with Crippen LogP contribution in [0.15, 0.2) is 35.2 Å². The first kappa shape index (κ1) is 22.6. The number of hydrogen-bond acceptors (Lipinski definition) is 5. The predicted molar refractivity (Wildman–Crippen MR) is 119 cm³/mol. The van der Waals surface area contributed by atoms with Gasteiger partial charge in [0.25, 0.3) is 0 Å². The summed E-state index contributed by atoms with van der Waals surface area (Å²) < 4.78 is 28.6. The molecule has 0 bridgehead atoms. The van der Waals surface area contributed by atoms with E-state index in [-0.39, 0.29) is 22.0 Å². The minimum absolute atomic E-state index is 0.0579. The van der Waals surface area contributed by atoms with Crippen LogP contribution in [-0.2, 0) is 16.4 Å². The molecular formula is C23H32N2O4S. The van der Waals surface area contributed by atoms with E-state index < -0.39 is 10.0 Å². The molecule has 2 N–H and O–H groups in total. The number of unbranched alkanes of at least 4 members (excludes halogenated alkanes) is 2. The van der Waals surface area contributed by atoms with E-state index in [4.69, 9.17) is 0 Å². The summed E-state index contributed by atoms with van der Waals surface area (Å²) in [6.45, 7) is 6.05. The minimum atomic E-state index is -3.90. The summed E-state index contributed by atoms with van der Waals surface area (Å²) in [6, 6.07) is 8.87. The van der Waals surface area contributed by atoms with Gasteiger partial charge in [0.1, 0.15) is 16.4 Å². The van der Waals surface area contributed by atoms with E-state index in [2.05, 4.69) is 11.8 Å². The zero-order valence-electron chi connectivity index (χ0n) is 18.1. The smallest absolute Gasteiger partial charge is 0.247 e. The van der Waals surface area contributed by atoms with Crippen molar-refractivity contribution in [1.29, 1.82) is 0 Å². The van der Waals surface area contributed by atoms with Crippen molar-refractivity contribution in [1.82, 2.24) is 9.21 Å². The Balaban J connectivity index is 2.15. The molecule has 0 aromatic heterocycles. The van der Waals surface area contributed by atoms with Crippen LogP contribution in [0.1, 0.15) is 37.3 Å². The summed E-state index contributed by atoms with van der Waals surface area (Å²) in [7, 11) is -1.93. The van der Waals surface area contributed by atoms with E-state index in [0.29, 0.717) is 43.7 Å². The van der Waals surface area contributed by atoms with Crippen LogP contribution in [0.3, 0.4) is 0 Å². The lowest BCUT2D eigenvalue weighted by atomic mass is 9.97. The maximum absolute atomic E-state index is 13.6. The molecule has 0 radical (unpaired) electrons. The molecule has 1 aliphatic rings. The SMILES string of the molecule is CCCCCc1cc(O)c(-c2cccc(C)c2)c(O)c1S(=O)(=O)N1CCN(C)CC1. The highest BCUT2D eigenvalue weighted by atomic mass is 32.2. The fourth-order valence-electron chi connectivity index (χ4n) is 3.97. The molecule has 0 saturated carbocycles. The van der Waals surface area contributed by atoms with Gasteiger partial charge in [-0.25, -0.2) is 8.42 Å². The van der Waals surface area contributed by atoms with Crippen LogP contribution in [-0.4, -0.2) is 61.1 Å². The van der Waals surface area contributed by atoms with Crippen LogP contribution in [0.4, 0.5) is 0 Å². The van der Waals surface area contributed by atoms with Crippen molar-refractivity contribution in [2.45, 2.75) is 44.4 Å². The fourth-order valence-corrected chi connectivity index (χ4v) is 5.71. The van der Waals surface area contributed by atoms with Crippen molar-refractivity contribution in [3.63, 3.8) is 0 Å². The first-order valence-corrected chi connectivity index (χ1v) is 12.0. The number of piperazine rings is 1. The van der Waals surface area contributed by atoms with Crippen molar-refractivity contribution in [2.75, 3.05) is 33.2 Å². The van der Waals surface area contributed by atoms with Gasteiger partial charge < -0.3 is 15.1 Å². The van der Waals surface area contributed by atoms with Gasteiger partial charge in [0.2, 0.25) is 10.0 Å². The average Bonchev–Trinajstić information content (AvgIpc) is 2.68. The maximum Gasteiger partial charge on any atom is 0.247 e. The number of aromatic hydroxyl groups is 2. The molecule has 7 heteroatoms. The molecule has 2 aromatic carbocycles. The third-order valence-corrected chi connectivity index (χ3v) is 7.74. The Bertz CT molecular complexity index is 997. The Kier molecular flexibility index (Phi) is 7.06. The van der Waals surface area contributed by atoms with Crippen molar-refractivity contribution in [3.8, 4) is 22.6 Å². The molecule has 2 aromatic rings. The first-order valence-electron chi connectivity index (χ1n) is 10.6. The second kappa shape index (κ2) is 9.37. The molecule has 1 aliphatic heterocycles. The normalized spacial score (nSPS) is 16.1.